The van der Waals surface area contributed by atoms with Crippen molar-refractivity contribution in [1.29, 1.82) is 0 Å². The number of unbranched alkanes of at least 4 members (excludes halogenated alkanes) is 2. The van der Waals surface area contributed by atoms with E-state index in [1.807, 2.05) is 0 Å². The van der Waals surface area contributed by atoms with Gasteiger partial charge in [-0.2, -0.15) is 0 Å². The highest BCUT2D eigenvalue weighted by atomic mass is 16.6. The van der Waals surface area contributed by atoms with Gasteiger partial charge >= 0.3 is 6.01 Å². The quantitative estimate of drug-likeness (QED) is 0.553. The Morgan fingerprint density at radius 2 is 1.83 bits per heavy atom. The molecule has 8 heteroatoms. The van der Waals surface area contributed by atoms with Gasteiger partial charge in [-0.05, 0) is 48.9 Å². The Bertz CT molecular complexity index is 1000. The molecule has 1 N–H and O–H groups in total. The first-order valence-corrected chi connectivity index (χ1v) is 10.0. The minimum Gasteiger partial charge on any atom is -0.494 e. The fourth-order valence-corrected chi connectivity index (χ4v) is 2.98. The lowest BCUT2D eigenvalue weighted by Gasteiger charge is -2.18. The summed E-state index contributed by atoms with van der Waals surface area (Å²) in [6.45, 7) is 3.83. The Morgan fingerprint density at radius 3 is 2.63 bits per heavy atom. The van der Waals surface area contributed by atoms with Crippen LogP contribution in [-0.4, -0.2) is 35.9 Å². The number of fused-ring (bicyclic) bond motifs is 1. The predicted molar refractivity (Wildman–Crippen MR) is 110 cm³/mol. The van der Waals surface area contributed by atoms with Crippen LogP contribution >= 0.6 is 0 Å². The maximum absolute atomic E-state index is 12.4. The number of nitrogens with zero attached hydrogens (tertiary/aromatic N) is 2. The number of aromatic nitrogens is 2. The zero-order valence-electron chi connectivity index (χ0n) is 16.7. The second-order valence-electron chi connectivity index (χ2n) is 6.80. The molecule has 4 rings (SSSR count). The Balaban J connectivity index is 1.37. The number of carbonyl (C=O) groups is 1. The number of hydrogen-bond donors (Lipinski definition) is 1. The van der Waals surface area contributed by atoms with Crippen LogP contribution < -0.4 is 19.5 Å². The predicted octanol–water partition coefficient (Wildman–Crippen LogP) is 4.33. The van der Waals surface area contributed by atoms with Crippen molar-refractivity contribution in [3.8, 4) is 28.7 Å². The summed E-state index contributed by atoms with van der Waals surface area (Å²) in [7, 11) is 0. The number of benzene rings is 2. The third kappa shape index (κ3) is 4.71. The van der Waals surface area contributed by atoms with Crippen LogP contribution in [-0.2, 0) is 0 Å². The zero-order chi connectivity index (χ0) is 20.8. The third-order valence-electron chi connectivity index (χ3n) is 4.57. The maximum atomic E-state index is 12.4. The van der Waals surface area contributed by atoms with Gasteiger partial charge in [-0.1, -0.05) is 24.9 Å². The van der Waals surface area contributed by atoms with Gasteiger partial charge in [0, 0.05) is 11.1 Å². The van der Waals surface area contributed by atoms with E-state index < -0.39 is 0 Å². The van der Waals surface area contributed by atoms with Crippen molar-refractivity contribution < 1.29 is 23.4 Å². The highest BCUT2D eigenvalue weighted by molar-refractivity contribution is 6.03. The first kappa shape index (κ1) is 19.8. The smallest absolute Gasteiger partial charge is 0.322 e. The second kappa shape index (κ2) is 9.30. The van der Waals surface area contributed by atoms with Gasteiger partial charge in [0.05, 0.1) is 6.61 Å². The summed E-state index contributed by atoms with van der Waals surface area (Å²) in [4.78, 5) is 12.4. The normalized spacial score (nSPS) is 12.4. The van der Waals surface area contributed by atoms with Crippen molar-refractivity contribution in [3.05, 3.63) is 48.0 Å². The van der Waals surface area contributed by atoms with Gasteiger partial charge < -0.3 is 18.6 Å². The molecule has 1 amide bonds. The van der Waals surface area contributed by atoms with E-state index in [1.165, 1.54) is 0 Å². The molecular formula is C22H23N3O5. The molecule has 0 saturated carbocycles. The van der Waals surface area contributed by atoms with Crippen LogP contribution in [0.3, 0.4) is 0 Å². The van der Waals surface area contributed by atoms with E-state index in [1.54, 1.807) is 42.5 Å². The number of hydrogen-bond acceptors (Lipinski definition) is 7. The van der Waals surface area contributed by atoms with Crippen molar-refractivity contribution in [2.24, 2.45) is 0 Å². The van der Waals surface area contributed by atoms with E-state index in [9.17, 15) is 4.79 Å². The van der Waals surface area contributed by atoms with Gasteiger partial charge in [-0.3, -0.25) is 10.1 Å². The van der Waals surface area contributed by atoms with Gasteiger partial charge in [0.2, 0.25) is 5.89 Å². The van der Waals surface area contributed by atoms with Crippen LogP contribution in [0.5, 0.6) is 17.2 Å². The molecule has 1 aliphatic heterocycles. The Labute approximate surface area is 174 Å². The molecule has 1 aromatic heterocycles. The van der Waals surface area contributed by atoms with Crippen LogP contribution in [0.1, 0.15) is 36.5 Å². The average Bonchev–Trinajstić information content (AvgIpc) is 3.25. The topological polar surface area (TPSA) is 95.7 Å². The monoisotopic (exact) mass is 409 g/mol. The average molecular weight is 409 g/mol. The highest BCUT2D eigenvalue weighted by Crippen LogP contribution is 2.34. The van der Waals surface area contributed by atoms with Crippen LogP contribution in [0.25, 0.3) is 11.5 Å². The summed E-state index contributed by atoms with van der Waals surface area (Å²) < 4.78 is 22.3. The third-order valence-corrected chi connectivity index (χ3v) is 4.57. The summed E-state index contributed by atoms with van der Waals surface area (Å²) in [5.74, 6) is 1.97. The lowest BCUT2D eigenvalue weighted by Crippen LogP contribution is -2.15. The van der Waals surface area contributed by atoms with Gasteiger partial charge in [0.15, 0.2) is 11.5 Å². The molecule has 0 aliphatic carbocycles. The van der Waals surface area contributed by atoms with Gasteiger partial charge in [0.1, 0.15) is 19.0 Å². The van der Waals surface area contributed by atoms with Crippen molar-refractivity contribution >= 4 is 11.9 Å². The van der Waals surface area contributed by atoms with E-state index in [2.05, 4.69) is 22.4 Å². The highest BCUT2D eigenvalue weighted by Gasteiger charge is 2.17. The van der Waals surface area contributed by atoms with Crippen LogP contribution in [0.2, 0.25) is 0 Å². The number of anilines is 1. The summed E-state index contributed by atoms with van der Waals surface area (Å²) in [5, 5.41) is 10.5. The number of nitrogens with one attached hydrogen (secondary N) is 1. The van der Waals surface area contributed by atoms with E-state index in [4.69, 9.17) is 18.6 Å². The van der Waals surface area contributed by atoms with Crippen LogP contribution in [0, 0.1) is 0 Å². The van der Waals surface area contributed by atoms with Crippen LogP contribution in [0.15, 0.2) is 46.9 Å². The standard InChI is InChI=1S/C22H23N3O5/c1-2-3-4-11-27-17-8-5-15(6-9-17)20(26)23-22-25-24-21(30-22)16-7-10-18-19(14-16)29-13-12-28-18/h5-10,14H,2-4,11-13H2,1H3,(H,23,25,26). The molecule has 3 aromatic rings. The summed E-state index contributed by atoms with van der Waals surface area (Å²) in [6, 6.07) is 12.3. The Morgan fingerprint density at radius 1 is 1.03 bits per heavy atom. The maximum Gasteiger partial charge on any atom is 0.322 e. The fourth-order valence-electron chi connectivity index (χ4n) is 2.98. The second-order valence-corrected chi connectivity index (χ2v) is 6.80. The van der Waals surface area contributed by atoms with Crippen molar-refractivity contribution in [3.63, 3.8) is 0 Å². The molecule has 0 radical (unpaired) electrons. The Hall–Kier alpha value is -3.55. The molecule has 1 aliphatic rings. The number of rotatable bonds is 8. The molecular weight excluding hydrogens is 386 g/mol. The molecule has 0 fully saturated rings. The number of amides is 1. The van der Waals surface area contributed by atoms with E-state index in [0.29, 0.717) is 42.4 Å². The molecule has 0 unspecified atom stereocenters. The number of ether oxygens (including phenoxy) is 3. The van der Waals surface area contributed by atoms with Crippen molar-refractivity contribution in [2.45, 2.75) is 26.2 Å². The summed E-state index contributed by atoms with van der Waals surface area (Å²) >= 11 is 0. The van der Waals surface area contributed by atoms with Crippen molar-refractivity contribution in [2.75, 3.05) is 25.1 Å². The fraction of sp³-hybridized carbons (Fsp3) is 0.318. The molecule has 0 bridgehead atoms. The Kier molecular flexibility index (Phi) is 6.12. The molecule has 156 valence electrons. The molecule has 0 atom stereocenters. The first-order valence-electron chi connectivity index (χ1n) is 10.0. The summed E-state index contributed by atoms with van der Waals surface area (Å²) in [5.41, 5.74) is 1.15. The lowest BCUT2D eigenvalue weighted by atomic mass is 10.2. The van der Waals surface area contributed by atoms with E-state index in [-0.39, 0.29) is 17.8 Å². The number of carbonyl (C=O) groups excluding carboxylic acids is 1. The molecule has 30 heavy (non-hydrogen) atoms. The minimum absolute atomic E-state index is 0.0183. The van der Waals surface area contributed by atoms with Crippen molar-refractivity contribution in [1.82, 2.24) is 10.2 Å². The zero-order valence-corrected chi connectivity index (χ0v) is 16.7. The molecule has 2 aromatic carbocycles. The SMILES string of the molecule is CCCCCOc1ccc(C(=O)Nc2nnc(-c3ccc4c(c3)OCCO4)o2)cc1. The lowest BCUT2D eigenvalue weighted by molar-refractivity contribution is 0.102. The molecule has 0 spiro atoms. The largest absolute Gasteiger partial charge is 0.494 e. The molecule has 2 heterocycles. The summed E-state index contributed by atoms with van der Waals surface area (Å²) in [6.07, 6.45) is 3.30. The van der Waals surface area contributed by atoms with Crippen LogP contribution in [0.4, 0.5) is 6.01 Å². The van der Waals surface area contributed by atoms with Gasteiger partial charge in [-0.25, -0.2) is 0 Å². The van der Waals surface area contributed by atoms with Gasteiger partial charge in [-0.15, -0.1) is 5.10 Å². The first-order chi connectivity index (χ1) is 14.7. The molecule has 8 nitrogen and oxygen atoms in total. The molecule has 0 saturated heterocycles. The van der Waals surface area contributed by atoms with Gasteiger partial charge in [0.25, 0.3) is 5.91 Å². The van der Waals surface area contributed by atoms with E-state index >= 15 is 0 Å². The van der Waals surface area contributed by atoms with E-state index in [0.717, 1.165) is 25.0 Å². The minimum atomic E-state index is -0.343.